The zero-order valence-corrected chi connectivity index (χ0v) is 35.6. The van der Waals surface area contributed by atoms with Gasteiger partial charge in [0.05, 0.1) is 22.7 Å². The van der Waals surface area contributed by atoms with Crippen LogP contribution in [0, 0.1) is 0 Å². The van der Waals surface area contributed by atoms with E-state index in [0.717, 1.165) is 51.4 Å². The first-order valence-corrected chi connectivity index (χ1v) is 22.5. The Balaban J connectivity index is 0.830. The molecule has 0 saturated heterocycles. The van der Waals surface area contributed by atoms with Gasteiger partial charge in [0.15, 0.2) is 23.0 Å². The molecule has 13 rings (SSSR count). The molecule has 1 spiro atoms. The molecule has 2 aliphatic heterocycles. The molecule has 0 radical (unpaired) electrons. The molecule has 63 heavy (non-hydrogen) atoms. The van der Waals surface area contributed by atoms with Crippen molar-refractivity contribution in [1.29, 1.82) is 0 Å². The van der Waals surface area contributed by atoms with Crippen molar-refractivity contribution in [2.75, 3.05) is 9.80 Å². The average Bonchev–Trinajstić information content (AvgIpc) is 3.71. The van der Waals surface area contributed by atoms with Gasteiger partial charge < -0.3 is 19.3 Å². The standard InChI is InChI=1S/C59H46N2O2/c1-58(2)46-34-38(24-28-42(46)43-30-26-40(36-47(43)58)60-50-14-4-8-18-54(50)62-55-19-9-5-15-51(55)60)22-23-39-25-29-44-45-31-27-41(37-49(45)59(48(44)35-39)32-12-3-13-33-59)61-52-16-6-10-20-56(52)63-57-21-11-7-17-53(57)61/h4-11,14-31,34-37H,3,12-13,32-33H2,1-2H3. The van der Waals surface area contributed by atoms with Crippen molar-refractivity contribution < 1.29 is 9.47 Å². The topological polar surface area (TPSA) is 24.9 Å². The lowest BCUT2D eigenvalue weighted by Crippen LogP contribution is -2.28. The minimum Gasteiger partial charge on any atom is -0.453 e. The Morgan fingerprint density at radius 2 is 0.762 bits per heavy atom. The normalized spacial score (nSPS) is 16.5. The van der Waals surface area contributed by atoms with Crippen LogP contribution in [-0.2, 0) is 10.8 Å². The maximum atomic E-state index is 6.39. The molecule has 1 fully saturated rings. The molecule has 0 bridgehead atoms. The molecule has 304 valence electrons. The molecule has 2 heterocycles. The van der Waals surface area contributed by atoms with Gasteiger partial charge in [-0.2, -0.15) is 0 Å². The molecule has 8 aromatic carbocycles. The second kappa shape index (κ2) is 13.6. The van der Waals surface area contributed by atoms with Crippen molar-refractivity contribution in [2.45, 2.75) is 56.8 Å². The Kier molecular flexibility index (Phi) is 7.85. The second-order valence-corrected chi connectivity index (χ2v) is 18.4. The lowest BCUT2D eigenvalue weighted by molar-refractivity contribution is 0.353. The smallest absolute Gasteiger partial charge is 0.151 e. The lowest BCUT2D eigenvalue weighted by Gasteiger charge is -2.37. The van der Waals surface area contributed by atoms with Crippen LogP contribution in [0.5, 0.6) is 23.0 Å². The van der Waals surface area contributed by atoms with Crippen LogP contribution in [0.2, 0.25) is 0 Å². The predicted octanol–water partition coefficient (Wildman–Crippen LogP) is 16.5. The predicted molar refractivity (Wildman–Crippen MR) is 258 cm³/mol. The van der Waals surface area contributed by atoms with Gasteiger partial charge in [0, 0.05) is 22.2 Å². The largest absolute Gasteiger partial charge is 0.453 e. The number of rotatable bonds is 4. The highest BCUT2D eigenvalue weighted by Crippen LogP contribution is 2.59. The highest BCUT2D eigenvalue weighted by molar-refractivity contribution is 5.92. The molecule has 0 aromatic heterocycles. The van der Waals surface area contributed by atoms with E-state index in [0.29, 0.717) is 0 Å². The van der Waals surface area contributed by atoms with E-state index in [1.165, 1.54) is 93.4 Å². The summed E-state index contributed by atoms with van der Waals surface area (Å²) in [5, 5.41) is 0. The molecule has 4 heteroatoms. The summed E-state index contributed by atoms with van der Waals surface area (Å²) in [7, 11) is 0. The molecule has 0 amide bonds. The summed E-state index contributed by atoms with van der Waals surface area (Å²) < 4.78 is 12.7. The van der Waals surface area contributed by atoms with E-state index in [1.54, 1.807) is 0 Å². The molecule has 8 aromatic rings. The van der Waals surface area contributed by atoms with E-state index < -0.39 is 0 Å². The summed E-state index contributed by atoms with van der Waals surface area (Å²) in [6, 6.07) is 61.9. The number of hydrogen-bond donors (Lipinski definition) is 0. The van der Waals surface area contributed by atoms with Gasteiger partial charge in [-0.15, -0.1) is 0 Å². The fourth-order valence-corrected chi connectivity index (χ4v) is 11.6. The number of nitrogens with zero attached hydrogens (tertiary/aromatic N) is 2. The molecule has 0 N–H and O–H groups in total. The Bertz CT molecular complexity index is 3130. The highest BCUT2D eigenvalue weighted by atomic mass is 16.5. The summed E-state index contributed by atoms with van der Waals surface area (Å²) in [6.45, 7) is 4.75. The summed E-state index contributed by atoms with van der Waals surface area (Å²) in [5.41, 5.74) is 20.0. The fourth-order valence-electron chi connectivity index (χ4n) is 11.6. The van der Waals surface area contributed by atoms with E-state index in [2.05, 4.69) is 194 Å². The molecule has 4 nitrogen and oxygen atoms in total. The second-order valence-electron chi connectivity index (χ2n) is 18.4. The number of ether oxygens (including phenoxy) is 2. The van der Waals surface area contributed by atoms with Crippen LogP contribution >= 0.6 is 0 Å². The molecular formula is C59H46N2O2. The van der Waals surface area contributed by atoms with Crippen LogP contribution in [0.1, 0.15) is 79.3 Å². The third kappa shape index (κ3) is 5.40. The van der Waals surface area contributed by atoms with Gasteiger partial charge >= 0.3 is 0 Å². The van der Waals surface area contributed by atoms with E-state index in [-0.39, 0.29) is 10.8 Å². The van der Waals surface area contributed by atoms with Crippen LogP contribution < -0.4 is 19.3 Å². The molecule has 3 aliphatic carbocycles. The Morgan fingerprint density at radius 1 is 0.397 bits per heavy atom. The SMILES string of the molecule is CC1(C)c2cc(C=Cc3ccc4c(c3)C3(CCCCC3)c3cc(N5c6ccccc6Oc6ccccc65)ccc3-4)ccc2-c2ccc(N3c4ccccc4Oc4ccccc43)cc21. The van der Waals surface area contributed by atoms with Crippen molar-refractivity contribution >= 4 is 46.3 Å². The van der Waals surface area contributed by atoms with Gasteiger partial charge in [0.2, 0.25) is 0 Å². The molecule has 5 aliphatic rings. The minimum atomic E-state index is -0.174. The van der Waals surface area contributed by atoms with E-state index in [9.17, 15) is 0 Å². The summed E-state index contributed by atoms with van der Waals surface area (Å²) in [6.07, 6.45) is 10.8. The first kappa shape index (κ1) is 36.4. The molecule has 0 unspecified atom stereocenters. The van der Waals surface area contributed by atoms with Crippen LogP contribution in [0.15, 0.2) is 170 Å². The zero-order valence-electron chi connectivity index (χ0n) is 35.6. The van der Waals surface area contributed by atoms with Gasteiger partial charge in [-0.3, -0.25) is 0 Å². The third-order valence-electron chi connectivity index (χ3n) is 14.6. The number of benzene rings is 8. The Labute approximate surface area is 369 Å². The number of fused-ring (bicyclic) bond motifs is 12. The number of anilines is 6. The third-order valence-corrected chi connectivity index (χ3v) is 14.6. The molecular weight excluding hydrogens is 769 g/mol. The van der Waals surface area contributed by atoms with Crippen LogP contribution in [0.25, 0.3) is 34.4 Å². The molecule has 0 atom stereocenters. The van der Waals surface area contributed by atoms with Gasteiger partial charge in [0.1, 0.15) is 0 Å². The van der Waals surface area contributed by atoms with Crippen molar-refractivity contribution in [3.63, 3.8) is 0 Å². The summed E-state index contributed by atoms with van der Waals surface area (Å²) in [4.78, 5) is 4.73. The van der Waals surface area contributed by atoms with E-state index in [1.807, 2.05) is 12.1 Å². The van der Waals surface area contributed by atoms with Crippen LogP contribution in [0.3, 0.4) is 0 Å². The van der Waals surface area contributed by atoms with Crippen LogP contribution in [0.4, 0.5) is 34.1 Å². The number of hydrogen-bond acceptors (Lipinski definition) is 4. The van der Waals surface area contributed by atoms with E-state index >= 15 is 0 Å². The average molecular weight is 815 g/mol. The van der Waals surface area contributed by atoms with E-state index in [4.69, 9.17) is 9.47 Å². The minimum absolute atomic E-state index is 0.00169. The zero-order chi connectivity index (χ0) is 41.9. The van der Waals surface area contributed by atoms with Crippen molar-refractivity contribution in [3.05, 3.63) is 203 Å². The summed E-state index contributed by atoms with van der Waals surface area (Å²) >= 11 is 0. The first-order chi connectivity index (χ1) is 30.9. The Hall–Kier alpha value is -7.30. The van der Waals surface area contributed by atoms with Gasteiger partial charge in [-0.05, 0) is 141 Å². The summed E-state index contributed by atoms with van der Waals surface area (Å²) in [5.74, 6) is 3.51. The maximum absolute atomic E-state index is 6.39. The van der Waals surface area contributed by atoms with Crippen molar-refractivity contribution in [2.24, 2.45) is 0 Å². The van der Waals surface area contributed by atoms with Gasteiger partial charge in [-0.1, -0.05) is 142 Å². The van der Waals surface area contributed by atoms with Crippen molar-refractivity contribution in [3.8, 4) is 45.3 Å². The van der Waals surface area contributed by atoms with Gasteiger partial charge in [0.25, 0.3) is 0 Å². The number of para-hydroxylation sites is 8. The maximum Gasteiger partial charge on any atom is 0.151 e. The first-order valence-electron chi connectivity index (χ1n) is 22.5. The quantitative estimate of drug-likeness (QED) is 0.165. The van der Waals surface area contributed by atoms with Gasteiger partial charge in [-0.25, -0.2) is 0 Å². The molecule has 1 saturated carbocycles. The van der Waals surface area contributed by atoms with Crippen LogP contribution in [-0.4, -0.2) is 0 Å². The Morgan fingerprint density at radius 3 is 1.24 bits per heavy atom. The van der Waals surface area contributed by atoms with Crippen molar-refractivity contribution in [1.82, 2.24) is 0 Å². The monoisotopic (exact) mass is 814 g/mol. The lowest BCUT2D eigenvalue weighted by atomic mass is 9.67. The fraction of sp³-hybridized carbons (Fsp3) is 0.153. The highest BCUT2D eigenvalue weighted by Gasteiger charge is 2.44.